The zero-order valence-corrected chi connectivity index (χ0v) is 14.5. The summed E-state index contributed by atoms with van der Waals surface area (Å²) in [5, 5.41) is 0. The lowest BCUT2D eigenvalue weighted by Crippen LogP contribution is -2.35. The van der Waals surface area contributed by atoms with E-state index < -0.39 is 21.8 Å². The highest BCUT2D eigenvalue weighted by atomic mass is 32.2. The van der Waals surface area contributed by atoms with Crippen molar-refractivity contribution in [2.24, 2.45) is 5.92 Å². The van der Waals surface area contributed by atoms with Crippen molar-refractivity contribution in [3.8, 4) is 0 Å². The second kappa shape index (κ2) is 7.84. The van der Waals surface area contributed by atoms with E-state index in [2.05, 4.69) is 16.5 Å². The Labute approximate surface area is 141 Å². The SMILES string of the molecule is CC1CCN(CCCNS(=O)(=O)c2ccc(C(F)(F)F)cc2)CC1. The molecule has 1 heterocycles. The zero-order chi connectivity index (χ0) is 17.8. The van der Waals surface area contributed by atoms with Crippen molar-refractivity contribution in [3.63, 3.8) is 0 Å². The molecule has 8 heteroatoms. The fourth-order valence-corrected chi connectivity index (χ4v) is 3.78. The Kier molecular flexibility index (Phi) is 6.28. The number of alkyl halides is 3. The van der Waals surface area contributed by atoms with Crippen LogP contribution in [0.25, 0.3) is 0 Å². The number of nitrogens with one attached hydrogen (secondary N) is 1. The summed E-state index contributed by atoms with van der Waals surface area (Å²) in [7, 11) is -3.77. The molecule has 0 radical (unpaired) electrons. The zero-order valence-electron chi connectivity index (χ0n) is 13.6. The minimum absolute atomic E-state index is 0.151. The lowest BCUT2D eigenvalue weighted by molar-refractivity contribution is -0.137. The molecule has 2 rings (SSSR count). The molecule has 0 bridgehead atoms. The summed E-state index contributed by atoms with van der Waals surface area (Å²) in [6.07, 6.45) is -1.47. The first-order valence-electron chi connectivity index (χ1n) is 8.08. The Morgan fingerprint density at radius 1 is 1.17 bits per heavy atom. The molecule has 0 aliphatic carbocycles. The highest BCUT2D eigenvalue weighted by Gasteiger charge is 2.30. The molecular formula is C16H23F3N2O2S. The van der Waals surface area contributed by atoms with Gasteiger partial charge in [0.25, 0.3) is 0 Å². The molecule has 0 spiro atoms. The van der Waals surface area contributed by atoms with Crippen LogP contribution in [0.2, 0.25) is 0 Å². The van der Waals surface area contributed by atoms with Crippen LogP contribution >= 0.6 is 0 Å². The summed E-state index contributed by atoms with van der Waals surface area (Å²) < 4.78 is 64.1. The molecule has 1 aromatic carbocycles. The van der Waals surface area contributed by atoms with Crippen LogP contribution < -0.4 is 4.72 Å². The van der Waals surface area contributed by atoms with Crippen molar-refractivity contribution in [2.45, 2.75) is 37.3 Å². The number of piperidine rings is 1. The van der Waals surface area contributed by atoms with E-state index in [0.29, 0.717) is 6.42 Å². The standard InChI is InChI=1S/C16H23F3N2O2S/c1-13-7-11-21(12-8-13)10-2-9-20-24(22,23)15-5-3-14(4-6-15)16(17,18)19/h3-6,13,20H,2,7-12H2,1H3. The molecular weight excluding hydrogens is 341 g/mol. The minimum Gasteiger partial charge on any atom is -0.303 e. The van der Waals surface area contributed by atoms with Crippen LogP contribution in [0.5, 0.6) is 0 Å². The van der Waals surface area contributed by atoms with Gasteiger partial charge in [-0.15, -0.1) is 0 Å². The van der Waals surface area contributed by atoms with Crippen molar-refractivity contribution < 1.29 is 21.6 Å². The predicted octanol–water partition coefficient (Wildman–Crippen LogP) is 3.11. The minimum atomic E-state index is -4.47. The third-order valence-corrected chi connectivity index (χ3v) is 5.79. The Balaban J connectivity index is 1.81. The first kappa shape index (κ1) is 19.2. The summed E-state index contributed by atoms with van der Waals surface area (Å²) in [6, 6.07) is 3.53. The van der Waals surface area contributed by atoms with E-state index in [1.807, 2.05) is 0 Å². The Morgan fingerprint density at radius 2 is 1.75 bits per heavy atom. The topological polar surface area (TPSA) is 49.4 Å². The molecule has 1 aromatic rings. The van der Waals surface area contributed by atoms with E-state index in [0.717, 1.165) is 62.7 Å². The number of likely N-dealkylation sites (tertiary alicyclic amines) is 1. The quantitative estimate of drug-likeness (QED) is 0.789. The van der Waals surface area contributed by atoms with Gasteiger partial charge in [-0.3, -0.25) is 0 Å². The van der Waals surface area contributed by atoms with Gasteiger partial charge in [0.2, 0.25) is 10.0 Å². The van der Waals surface area contributed by atoms with Crippen LogP contribution in [0.4, 0.5) is 13.2 Å². The van der Waals surface area contributed by atoms with Crippen LogP contribution in [0.15, 0.2) is 29.2 Å². The van der Waals surface area contributed by atoms with E-state index in [4.69, 9.17) is 0 Å². The summed E-state index contributed by atoms with van der Waals surface area (Å²) in [5.74, 6) is 0.749. The van der Waals surface area contributed by atoms with Gasteiger partial charge in [-0.2, -0.15) is 13.2 Å². The average molecular weight is 364 g/mol. The van der Waals surface area contributed by atoms with Gasteiger partial charge in [0, 0.05) is 6.54 Å². The number of hydrogen-bond donors (Lipinski definition) is 1. The van der Waals surface area contributed by atoms with Crippen molar-refractivity contribution in [3.05, 3.63) is 29.8 Å². The van der Waals surface area contributed by atoms with Gasteiger partial charge in [-0.1, -0.05) is 6.92 Å². The lowest BCUT2D eigenvalue weighted by atomic mass is 9.99. The monoisotopic (exact) mass is 364 g/mol. The summed E-state index contributed by atoms with van der Waals surface area (Å²) in [5.41, 5.74) is -0.860. The van der Waals surface area contributed by atoms with Crippen LogP contribution in [0, 0.1) is 5.92 Å². The molecule has 4 nitrogen and oxygen atoms in total. The van der Waals surface area contributed by atoms with Crippen LogP contribution in [0.1, 0.15) is 31.7 Å². The lowest BCUT2D eigenvalue weighted by Gasteiger charge is -2.30. The maximum atomic E-state index is 12.5. The van der Waals surface area contributed by atoms with E-state index in [1.165, 1.54) is 0 Å². The smallest absolute Gasteiger partial charge is 0.303 e. The number of hydrogen-bond acceptors (Lipinski definition) is 3. The van der Waals surface area contributed by atoms with E-state index in [-0.39, 0.29) is 11.4 Å². The Morgan fingerprint density at radius 3 is 2.29 bits per heavy atom. The van der Waals surface area contributed by atoms with Gasteiger partial charge >= 0.3 is 6.18 Å². The average Bonchev–Trinajstić information content (AvgIpc) is 2.52. The molecule has 1 aliphatic rings. The molecule has 1 N–H and O–H groups in total. The first-order chi connectivity index (χ1) is 11.2. The number of benzene rings is 1. The maximum Gasteiger partial charge on any atom is 0.416 e. The molecule has 0 aromatic heterocycles. The van der Waals surface area contributed by atoms with Crippen LogP contribution in [-0.4, -0.2) is 39.5 Å². The van der Waals surface area contributed by atoms with E-state index in [9.17, 15) is 21.6 Å². The van der Waals surface area contributed by atoms with Crippen molar-refractivity contribution in [1.29, 1.82) is 0 Å². The second-order valence-electron chi connectivity index (χ2n) is 6.30. The highest BCUT2D eigenvalue weighted by Crippen LogP contribution is 2.29. The molecule has 0 saturated carbocycles. The molecule has 0 unspecified atom stereocenters. The van der Waals surface area contributed by atoms with Crippen LogP contribution in [-0.2, 0) is 16.2 Å². The third-order valence-electron chi connectivity index (χ3n) is 4.31. The van der Waals surface area contributed by atoms with Gasteiger partial charge in [-0.25, -0.2) is 13.1 Å². The number of rotatable bonds is 6. The molecule has 136 valence electrons. The van der Waals surface area contributed by atoms with Gasteiger partial charge in [0.15, 0.2) is 0 Å². The fourth-order valence-electron chi connectivity index (χ4n) is 2.70. The molecule has 1 aliphatic heterocycles. The van der Waals surface area contributed by atoms with Crippen molar-refractivity contribution >= 4 is 10.0 Å². The van der Waals surface area contributed by atoms with Crippen molar-refractivity contribution in [1.82, 2.24) is 9.62 Å². The summed E-state index contributed by atoms with van der Waals surface area (Å²) in [6.45, 7) is 5.40. The molecule has 1 fully saturated rings. The van der Waals surface area contributed by atoms with Gasteiger partial charge < -0.3 is 4.90 Å². The van der Waals surface area contributed by atoms with Gasteiger partial charge in [0.1, 0.15) is 0 Å². The van der Waals surface area contributed by atoms with E-state index in [1.54, 1.807) is 0 Å². The fraction of sp³-hybridized carbons (Fsp3) is 0.625. The largest absolute Gasteiger partial charge is 0.416 e. The van der Waals surface area contributed by atoms with Crippen LogP contribution in [0.3, 0.4) is 0 Å². The second-order valence-corrected chi connectivity index (χ2v) is 8.06. The summed E-state index contributed by atoms with van der Waals surface area (Å²) >= 11 is 0. The molecule has 0 amide bonds. The number of halogens is 3. The molecule has 24 heavy (non-hydrogen) atoms. The number of sulfonamides is 1. The van der Waals surface area contributed by atoms with Gasteiger partial charge in [-0.05, 0) is 69.1 Å². The van der Waals surface area contributed by atoms with Crippen molar-refractivity contribution in [2.75, 3.05) is 26.2 Å². The normalized spacial score (nSPS) is 18.0. The highest BCUT2D eigenvalue weighted by molar-refractivity contribution is 7.89. The van der Waals surface area contributed by atoms with Gasteiger partial charge in [0.05, 0.1) is 10.5 Å². The Hall–Kier alpha value is -1.12. The summed E-state index contributed by atoms with van der Waals surface area (Å²) in [4.78, 5) is 2.16. The predicted molar refractivity (Wildman–Crippen MR) is 86.1 cm³/mol. The molecule has 1 saturated heterocycles. The third kappa shape index (κ3) is 5.46. The first-order valence-corrected chi connectivity index (χ1v) is 9.56. The Bertz CT molecular complexity index is 622. The maximum absolute atomic E-state index is 12.5. The molecule has 0 atom stereocenters. The number of nitrogens with zero attached hydrogens (tertiary/aromatic N) is 1. The van der Waals surface area contributed by atoms with E-state index >= 15 is 0 Å².